The third-order valence-electron chi connectivity index (χ3n) is 2.31. The Morgan fingerprint density at radius 3 is 2.56 bits per heavy atom. The summed E-state index contributed by atoms with van der Waals surface area (Å²) in [6, 6.07) is 8.43. The summed E-state index contributed by atoms with van der Waals surface area (Å²) in [4.78, 5) is 26.6. The molecule has 1 amide bonds. The summed E-state index contributed by atoms with van der Waals surface area (Å²) < 4.78 is 4.96. The average Bonchev–Trinajstić information content (AvgIpc) is 2.42. The van der Waals surface area contributed by atoms with Crippen molar-refractivity contribution >= 4 is 12.1 Å². The third-order valence-corrected chi connectivity index (χ3v) is 2.31. The van der Waals surface area contributed by atoms with E-state index in [0.29, 0.717) is 6.42 Å². The van der Waals surface area contributed by atoms with Gasteiger partial charge < -0.3 is 14.9 Å². The van der Waals surface area contributed by atoms with Crippen LogP contribution < -0.4 is 11.2 Å². The molecule has 0 radical (unpaired) electrons. The normalized spacial score (nSPS) is 11.4. The molecule has 0 fully saturated rings. The predicted molar refractivity (Wildman–Crippen MR) is 64.1 cm³/mol. The molecule has 1 rings (SSSR count). The van der Waals surface area contributed by atoms with Gasteiger partial charge in [-0.05, 0) is 12.0 Å². The topological polar surface area (TPSA) is 90.6 Å². The average molecular weight is 252 g/mol. The molecule has 18 heavy (non-hydrogen) atoms. The monoisotopic (exact) mass is 252 g/mol. The van der Waals surface area contributed by atoms with Crippen LogP contribution in [0.2, 0.25) is 0 Å². The largest absolute Gasteiger partial charge is 0.445 e. The Kier molecular flexibility index (Phi) is 5.66. The van der Waals surface area contributed by atoms with Crippen LogP contribution in [-0.2, 0) is 21.0 Å². The molecule has 6 nitrogen and oxygen atoms in total. The van der Waals surface area contributed by atoms with Crippen molar-refractivity contribution in [2.24, 2.45) is 5.90 Å². The maximum absolute atomic E-state index is 11.4. The van der Waals surface area contributed by atoms with Crippen LogP contribution in [0, 0.1) is 0 Å². The molecule has 0 saturated carbocycles. The number of nitrogens with two attached hydrogens (primary N) is 1. The minimum absolute atomic E-state index is 0.140. The summed E-state index contributed by atoms with van der Waals surface area (Å²) in [5.74, 6) is 4.05. The van der Waals surface area contributed by atoms with Gasteiger partial charge in [0.2, 0.25) is 0 Å². The highest BCUT2D eigenvalue weighted by Gasteiger charge is 2.20. The molecular formula is C12H16N2O4. The summed E-state index contributed by atoms with van der Waals surface area (Å²) in [5, 5.41) is 2.37. The number of nitrogens with one attached hydrogen (secondary N) is 1. The summed E-state index contributed by atoms with van der Waals surface area (Å²) in [6.07, 6.45) is -0.313. The van der Waals surface area contributed by atoms with Crippen molar-refractivity contribution in [3.63, 3.8) is 0 Å². The van der Waals surface area contributed by atoms with E-state index in [4.69, 9.17) is 10.6 Å². The number of amides is 1. The first-order chi connectivity index (χ1) is 8.67. The number of benzene rings is 1. The van der Waals surface area contributed by atoms with Crippen molar-refractivity contribution in [2.75, 3.05) is 0 Å². The van der Waals surface area contributed by atoms with Crippen LogP contribution in [0.25, 0.3) is 0 Å². The number of rotatable bonds is 5. The van der Waals surface area contributed by atoms with Gasteiger partial charge in [0.1, 0.15) is 12.6 Å². The van der Waals surface area contributed by atoms with Gasteiger partial charge in [-0.2, -0.15) is 5.90 Å². The fourth-order valence-electron chi connectivity index (χ4n) is 1.32. The summed E-state index contributed by atoms with van der Waals surface area (Å²) in [5.41, 5.74) is 0.863. The van der Waals surface area contributed by atoms with E-state index in [1.165, 1.54) is 0 Å². The Morgan fingerprint density at radius 1 is 1.33 bits per heavy atom. The Hall–Kier alpha value is -2.08. The molecular weight excluding hydrogens is 236 g/mol. The first-order valence-electron chi connectivity index (χ1n) is 5.55. The fourth-order valence-corrected chi connectivity index (χ4v) is 1.32. The van der Waals surface area contributed by atoms with Crippen LogP contribution in [0.5, 0.6) is 0 Å². The highest BCUT2D eigenvalue weighted by atomic mass is 16.7. The third kappa shape index (κ3) is 4.42. The van der Waals surface area contributed by atoms with Gasteiger partial charge in [-0.25, -0.2) is 9.59 Å². The first kappa shape index (κ1) is 14.0. The summed E-state index contributed by atoms with van der Waals surface area (Å²) >= 11 is 0. The lowest BCUT2D eigenvalue weighted by Gasteiger charge is -2.13. The van der Waals surface area contributed by atoms with Crippen LogP contribution in [0.3, 0.4) is 0 Å². The number of alkyl carbamates (subject to hydrolysis) is 1. The van der Waals surface area contributed by atoms with E-state index in [1.54, 1.807) is 6.92 Å². The Balaban J connectivity index is 2.39. The summed E-state index contributed by atoms with van der Waals surface area (Å²) in [7, 11) is 0. The molecule has 1 atom stereocenters. The number of ether oxygens (including phenoxy) is 1. The van der Waals surface area contributed by atoms with Crippen LogP contribution in [0.4, 0.5) is 4.79 Å². The maximum atomic E-state index is 11.4. The second kappa shape index (κ2) is 7.29. The molecule has 0 saturated heterocycles. The lowest BCUT2D eigenvalue weighted by molar-refractivity contribution is -0.146. The maximum Gasteiger partial charge on any atom is 0.408 e. The van der Waals surface area contributed by atoms with E-state index >= 15 is 0 Å². The van der Waals surface area contributed by atoms with Crippen molar-refractivity contribution in [1.82, 2.24) is 5.32 Å². The van der Waals surface area contributed by atoms with Crippen molar-refractivity contribution in [3.8, 4) is 0 Å². The lowest BCUT2D eigenvalue weighted by Crippen LogP contribution is -2.42. The zero-order valence-electron chi connectivity index (χ0n) is 10.1. The van der Waals surface area contributed by atoms with Gasteiger partial charge in [-0.1, -0.05) is 37.3 Å². The van der Waals surface area contributed by atoms with Crippen molar-refractivity contribution in [3.05, 3.63) is 35.9 Å². The Labute approximate surface area is 105 Å². The molecule has 0 heterocycles. The number of hydrogen-bond acceptors (Lipinski definition) is 5. The number of carbonyl (C=O) groups is 2. The van der Waals surface area contributed by atoms with Crippen LogP contribution in [0.15, 0.2) is 30.3 Å². The molecule has 1 aromatic rings. The van der Waals surface area contributed by atoms with E-state index in [-0.39, 0.29) is 6.61 Å². The fraction of sp³-hybridized carbons (Fsp3) is 0.333. The van der Waals surface area contributed by atoms with Gasteiger partial charge in [0, 0.05) is 0 Å². The van der Waals surface area contributed by atoms with E-state index in [9.17, 15) is 9.59 Å². The molecule has 0 unspecified atom stereocenters. The number of carbonyl (C=O) groups excluding carboxylic acids is 2. The molecule has 0 aliphatic heterocycles. The van der Waals surface area contributed by atoms with Gasteiger partial charge >= 0.3 is 12.1 Å². The second-order valence-corrected chi connectivity index (χ2v) is 3.60. The van der Waals surface area contributed by atoms with Crippen LogP contribution in [-0.4, -0.2) is 18.1 Å². The van der Waals surface area contributed by atoms with Gasteiger partial charge in [0.15, 0.2) is 0 Å². The smallest absolute Gasteiger partial charge is 0.408 e. The predicted octanol–water partition coefficient (Wildman–Crippen LogP) is 1.11. The minimum Gasteiger partial charge on any atom is -0.445 e. The molecule has 3 N–H and O–H groups in total. The number of hydrogen-bond donors (Lipinski definition) is 2. The van der Waals surface area contributed by atoms with Gasteiger partial charge in [0.05, 0.1) is 0 Å². The second-order valence-electron chi connectivity index (χ2n) is 3.60. The standard InChI is InChI=1S/C12H16N2O4/c1-2-10(11(15)18-13)14-12(16)17-8-9-6-4-3-5-7-9/h3-7,10H,2,8,13H2,1H3,(H,14,16)/t10-/m0/s1. The molecule has 0 aliphatic rings. The van der Waals surface area contributed by atoms with Crippen molar-refractivity contribution in [2.45, 2.75) is 26.0 Å². The Bertz CT molecular complexity index is 394. The molecule has 98 valence electrons. The minimum atomic E-state index is -0.793. The summed E-state index contributed by atoms with van der Waals surface area (Å²) in [6.45, 7) is 1.86. The molecule has 0 aromatic heterocycles. The first-order valence-corrected chi connectivity index (χ1v) is 5.55. The van der Waals surface area contributed by atoms with Crippen LogP contribution in [0.1, 0.15) is 18.9 Å². The molecule has 1 aromatic carbocycles. The van der Waals surface area contributed by atoms with E-state index in [0.717, 1.165) is 5.56 Å². The van der Waals surface area contributed by atoms with Gasteiger partial charge in [-0.3, -0.25) is 0 Å². The Morgan fingerprint density at radius 2 is 2.00 bits per heavy atom. The lowest BCUT2D eigenvalue weighted by atomic mass is 10.2. The zero-order chi connectivity index (χ0) is 13.4. The van der Waals surface area contributed by atoms with Crippen molar-refractivity contribution < 1.29 is 19.2 Å². The van der Waals surface area contributed by atoms with Gasteiger partial charge in [-0.15, -0.1) is 0 Å². The molecule has 0 spiro atoms. The highest BCUT2D eigenvalue weighted by molar-refractivity contribution is 5.80. The van der Waals surface area contributed by atoms with Gasteiger partial charge in [0.25, 0.3) is 0 Å². The zero-order valence-corrected chi connectivity index (χ0v) is 10.1. The van der Waals surface area contributed by atoms with Crippen molar-refractivity contribution in [1.29, 1.82) is 0 Å². The molecule has 0 aliphatic carbocycles. The van der Waals surface area contributed by atoms with Crippen LogP contribution >= 0.6 is 0 Å². The molecule has 0 bridgehead atoms. The van der Waals surface area contributed by atoms with E-state index in [2.05, 4.69) is 10.2 Å². The molecule has 6 heteroatoms. The quantitative estimate of drug-likeness (QED) is 0.766. The van der Waals surface area contributed by atoms with E-state index < -0.39 is 18.1 Å². The SMILES string of the molecule is CC[C@H](NC(=O)OCc1ccccc1)C(=O)ON. The highest BCUT2D eigenvalue weighted by Crippen LogP contribution is 2.01. The van der Waals surface area contributed by atoms with E-state index in [1.807, 2.05) is 30.3 Å².